The second kappa shape index (κ2) is 14.1. The second-order valence-corrected chi connectivity index (χ2v) is 10.1. The first-order valence-corrected chi connectivity index (χ1v) is 12.7. The van der Waals surface area contributed by atoms with Gasteiger partial charge < -0.3 is 32.5 Å². The van der Waals surface area contributed by atoms with Crippen molar-refractivity contribution in [3.63, 3.8) is 0 Å². The van der Waals surface area contributed by atoms with E-state index in [0.717, 1.165) is 5.56 Å². The van der Waals surface area contributed by atoms with Crippen LogP contribution in [0.3, 0.4) is 0 Å². The number of hydrogen-bond acceptors (Lipinski definition) is 6. The van der Waals surface area contributed by atoms with E-state index in [4.69, 9.17) is 11.5 Å². The summed E-state index contributed by atoms with van der Waals surface area (Å²) >= 11 is 0. The van der Waals surface area contributed by atoms with Gasteiger partial charge in [0.15, 0.2) is 0 Å². The number of amides is 4. The molecule has 10 nitrogen and oxygen atoms in total. The maximum absolute atomic E-state index is 13.2. The molecule has 4 atom stereocenters. The lowest BCUT2D eigenvalue weighted by Crippen LogP contribution is -2.60. The van der Waals surface area contributed by atoms with Crippen molar-refractivity contribution in [2.24, 2.45) is 23.3 Å². The largest absolute Gasteiger partial charge is 0.508 e. The first-order chi connectivity index (χ1) is 17.9. The quantitative estimate of drug-likeness (QED) is 0.225. The van der Waals surface area contributed by atoms with Crippen molar-refractivity contribution in [3.05, 3.63) is 65.7 Å². The molecule has 0 fully saturated rings. The molecule has 0 spiro atoms. The molecule has 0 aliphatic heterocycles. The monoisotopic (exact) mass is 525 g/mol. The van der Waals surface area contributed by atoms with Crippen LogP contribution in [0, 0.1) is 11.8 Å². The van der Waals surface area contributed by atoms with Crippen LogP contribution in [-0.2, 0) is 32.0 Å². The Morgan fingerprint density at radius 1 is 0.711 bits per heavy atom. The number of nitrogens with one attached hydrogen (secondary N) is 3. The second-order valence-electron chi connectivity index (χ2n) is 10.1. The highest BCUT2D eigenvalue weighted by Crippen LogP contribution is 2.12. The number of hydrogen-bond donors (Lipinski definition) is 6. The Morgan fingerprint density at radius 3 is 1.68 bits per heavy atom. The van der Waals surface area contributed by atoms with E-state index in [1.807, 2.05) is 30.3 Å². The molecule has 0 aromatic heterocycles. The summed E-state index contributed by atoms with van der Waals surface area (Å²) in [6, 6.07) is 11.7. The fourth-order valence-corrected chi connectivity index (χ4v) is 3.89. The van der Waals surface area contributed by atoms with Crippen LogP contribution in [0.4, 0.5) is 0 Å². The van der Waals surface area contributed by atoms with Gasteiger partial charge in [-0.15, -0.1) is 0 Å². The molecule has 0 radical (unpaired) electrons. The zero-order chi connectivity index (χ0) is 28.4. The lowest BCUT2D eigenvalue weighted by Gasteiger charge is -2.28. The number of carbonyl (C=O) groups is 4. The first-order valence-electron chi connectivity index (χ1n) is 12.7. The third-order valence-electron chi connectivity index (χ3n) is 6.17. The smallest absolute Gasteiger partial charge is 0.243 e. The van der Waals surface area contributed by atoms with Crippen LogP contribution in [0.2, 0.25) is 0 Å². The Hall–Kier alpha value is -3.92. The van der Waals surface area contributed by atoms with Gasteiger partial charge in [-0.25, -0.2) is 0 Å². The number of phenols is 1. The summed E-state index contributed by atoms with van der Waals surface area (Å²) in [4.78, 5) is 51.1. The van der Waals surface area contributed by atoms with Crippen LogP contribution >= 0.6 is 0 Å². The third kappa shape index (κ3) is 9.19. The number of primary amides is 1. The van der Waals surface area contributed by atoms with Gasteiger partial charge in [0.2, 0.25) is 23.6 Å². The molecule has 4 amide bonds. The highest BCUT2D eigenvalue weighted by Gasteiger charge is 2.32. The Kier molecular flexibility index (Phi) is 11.3. The van der Waals surface area contributed by atoms with Crippen molar-refractivity contribution in [1.29, 1.82) is 0 Å². The van der Waals surface area contributed by atoms with E-state index in [-0.39, 0.29) is 24.0 Å². The minimum atomic E-state index is -1.03. The Balaban J connectivity index is 2.07. The SMILES string of the molecule is CC(C)[C@H](NC(=O)[C@H](NC(=O)[C@@H](N)Cc1ccccc1)C(C)C)C(=O)N[C@H](Cc1ccc(O)cc1)C(N)=O. The van der Waals surface area contributed by atoms with Gasteiger partial charge in [-0.3, -0.25) is 19.2 Å². The van der Waals surface area contributed by atoms with Crippen LogP contribution < -0.4 is 27.4 Å². The zero-order valence-electron chi connectivity index (χ0n) is 22.3. The van der Waals surface area contributed by atoms with Gasteiger partial charge in [0.05, 0.1) is 6.04 Å². The van der Waals surface area contributed by atoms with Crippen LogP contribution in [0.25, 0.3) is 0 Å². The molecule has 2 rings (SSSR count). The van der Waals surface area contributed by atoms with E-state index in [1.165, 1.54) is 12.1 Å². The lowest BCUT2D eigenvalue weighted by molar-refractivity contribution is -0.135. The molecule has 0 aliphatic rings. The normalized spacial score (nSPS) is 14.3. The summed E-state index contributed by atoms with van der Waals surface area (Å²) in [6.07, 6.45) is 0.426. The van der Waals surface area contributed by atoms with E-state index >= 15 is 0 Å². The van der Waals surface area contributed by atoms with Crippen molar-refractivity contribution < 1.29 is 24.3 Å². The summed E-state index contributed by atoms with van der Waals surface area (Å²) < 4.78 is 0. The number of carbonyl (C=O) groups excluding carboxylic acids is 4. The van der Waals surface area contributed by atoms with Crippen molar-refractivity contribution in [2.45, 2.75) is 64.7 Å². The Bertz CT molecular complexity index is 1090. The fourth-order valence-electron chi connectivity index (χ4n) is 3.89. The number of phenolic OH excluding ortho intramolecular Hbond substituents is 1. The number of aromatic hydroxyl groups is 1. The summed E-state index contributed by atoms with van der Waals surface area (Å²) in [5, 5.41) is 17.5. The van der Waals surface area contributed by atoms with E-state index in [9.17, 15) is 24.3 Å². The highest BCUT2D eigenvalue weighted by atomic mass is 16.3. The maximum atomic E-state index is 13.2. The van der Waals surface area contributed by atoms with E-state index in [0.29, 0.717) is 12.0 Å². The average molecular weight is 526 g/mol. The van der Waals surface area contributed by atoms with Crippen LogP contribution in [0.15, 0.2) is 54.6 Å². The lowest BCUT2D eigenvalue weighted by atomic mass is 9.98. The van der Waals surface area contributed by atoms with E-state index < -0.39 is 47.8 Å². The molecule has 2 aromatic rings. The first kappa shape index (κ1) is 30.3. The van der Waals surface area contributed by atoms with Gasteiger partial charge in [0.25, 0.3) is 0 Å². The van der Waals surface area contributed by atoms with Gasteiger partial charge in [-0.05, 0) is 41.5 Å². The fraction of sp³-hybridized carbons (Fsp3) is 0.429. The van der Waals surface area contributed by atoms with E-state index in [1.54, 1.807) is 39.8 Å². The Morgan fingerprint density at radius 2 is 1.18 bits per heavy atom. The third-order valence-corrected chi connectivity index (χ3v) is 6.17. The number of rotatable bonds is 13. The summed E-state index contributed by atoms with van der Waals surface area (Å²) in [5.74, 6) is -2.87. The van der Waals surface area contributed by atoms with Gasteiger partial charge >= 0.3 is 0 Å². The molecule has 0 unspecified atom stereocenters. The molecule has 8 N–H and O–H groups in total. The molecule has 0 heterocycles. The van der Waals surface area contributed by atoms with Crippen molar-refractivity contribution >= 4 is 23.6 Å². The van der Waals surface area contributed by atoms with Gasteiger partial charge in [0, 0.05) is 6.42 Å². The molecule has 0 bridgehead atoms. The highest BCUT2D eigenvalue weighted by molar-refractivity contribution is 5.94. The van der Waals surface area contributed by atoms with Gasteiger partial charge in [-0.2, -0.15) is 0 Å². The van der Waals surface area contributed by atoms with Crippen molar-refractivity contribution in [2.75, 3.05) is 0 Å². The van der Waals surface area contributed by atoms with Crippen LogP contribution in [0.5, 0.6) is 5.75 Å². The van der Waals surface area contributed by atoms with Gasteiger partial charge in [-0.1, -0.05) is 70.2 Å². The molecule has 2 aromatic carbocycles. The molecule has 10 heteroatoms. The van der Waals surface area contributed by atoms with Crippen LogP contribution in [-0.4, -0.2) is 52.9 Å². The van der Waals surface area contributed by atoms with E-state index in [2.05, 4.69) is 16.0 Å². The van der Waals surface area contributed by atoms with Crippen LogP contribution in [0.1, 0.15) is 38.8 Å². The molecule has 38 heavy (non-hydrogen) atoms. The number of nitrogens with two attached hydrogens (primary N) is 2. The number of benzene rings is 2. The molecule has 0 saturated heterocycles. The summed E-state index contributed by atoms with van der Waals surface area (Å²) in [7, 11) is 0. The van der Waals surface area contributed by atoms with Crippen molar-refractivity contribution in [1.82, 2.24) is 16.0 Å². The minimum Gasteiger partial charge on any atom is -0.508 e. The molecular formula is C28H39N5O5. The van der Waals surface area contributed by atoms with Crippen molar-refractivity contribution in [3.8, 4) is 5.75 Å². The predicted octanol–water partition coefficient (Wildman–Crippen LogP) is 0.756. The van der Waals surface area contributed by atoms with Gasteiger partial charge in [0.1, 0.15) is 23.9 Å². The zero-order valence-corrected chi connectivity index (χ0v) is 22.3. The average Bonchev–Trinajstić information content (AvgIpc) is 2.86. The molecule has 206 valence electrons. The Labute approximate surface area is 223 Å². The predicted molar refractivity (Wildman–Crippen MR) is 145 cm³/mol. The molecular weight excluding hydrogens is 486 g/mol. The summed E-state index contributed by atoms with van der Waals surface area (Å²) in [5.41, 5.74) is 13.2. The topological polar surface area (TPSA) is 177 Å². The standard InChI is InChI=1S/C28H39N5O5/c1-16(2)23(27(37)31-22(25(30)35)15-19-10-12-20(34)13-11-19)33-28(38)24(17(3)4)32-26(36)21(29)14-18-8-6-5-7-9-18/h5-13,16-17,21-24,34H,14-15,29H2,1-4H3,(H2,30,35)(H,31,37)(H,32,36)(H,33,38)/t21-,22+,23-,24+/m0/s1. The molecule has 0 aliphatic carbocycles. The minimum absolute atomic E-state index is 0.0730. The maximum Gasteiger partial charge on any atom is 0.243 e. The molecule has 0 saturated carbocycles. The summed E-state index contributed by atoms with van der Waals surface area (Å²) in [6.45, 7) is 7.06.